The maximum absolute atomic E-state index is 10.5. The Bertz CT molecular complexity index is 818. The fourth-order valence-corrected chi connectivity index (χ4v) is 4.00. The van der Waals surface area contributed by atoms with E-state index >= 15 is 0 Å². The van der Waals surface area contributed by atoms with E-state index < -0.39 is 10.1 Å². The second-order valence-electron chi connectivity index (χ2n) is 5.42. The molecular weight excluding hydrogens is 413 g/mol. The lowest BCUT2D eigenvalue weighted by Crippen LogP contribution is -1.97. The van der Waals surface area contributed by atoms with Crippen LogP contribution in [0.2, 0.25) is 10.0 Å². The molecule has 0 aliphatic carbocycles. The minimum Gasteiger partial charge on any atom is -0.293 e. The van der Waals surface area contributed by atoms with E-state index in [1.165, 1.54) is 23.9 Å². The number of rotatable bonds is 5. The fraction of sp³-hybridized carbons (Fsp3) is 0.278. The van der Waals surface area contributed by atoms with Crippen LogP contribution in [0, 0.1) is 12.3 Å². The van der Waals surface area contributed by atoms with Crippen LogP contribution < -0.4 is 0 Å². The van der Waals surface area contributed by atoms with Crippen LogP contribution in [0.15, 0.2) is 47.4 Å². The minimum atomic E-state index is -4.02. The second-order valence-corrected chi connectivity index (χ2v) is 8.76. The molecule has 0 aliphatic rings. The number of nitrogens with one attached hydrogen (secondary N) is 1. The van der Waals surface area contributed by atoms with Crippen LogP contribution in [0.4, 0.5) is 0 Å². The van der Waals surface area contributed by atoms with E-state index in [-0.39, 0.29) is 4.90 Å². The Labute approximate surface area is 169 Å². The molecule has 0 aromatic heterocycles. The van der Waals surface area contributed by atoms with E-state index in [9.17, 15) is 8.42 Å². The molecule has 0 atom stereocenters. The molecular formula is C18H21Cl2NO3S2. The van der Waals surface area contributed by atoms with Crippen molar-refractivity contribution in [3.05, 3.63) is 63.6 Å². The number of thioether (sulfide) groups is 1. The van der Waals surface area contributed by atoms with Gasteiger partial charge in [0.1, 0.15) is 0 Å². The maximum atomic E-state index is 10.5. The number of hydrogen-bond acceptors (Lipinski definition) is 4. The first-order valence-corrected chi connectivity index (χ1v) is 11.0. The zero-order valence-corrected chi connectivity index (χ0v) is 17.6. The van der Waals surface area contributed by atoms with E-state index in [0.717, 1.165) is 24.2 Å². The number of aryl methyl sites for hydroxylation is 1. The number of unbranched alkanes of at least 4 members (excludes halogenated alkanes) is 1. The topological polar surface area (TPSA) is 78.2 Å². The quantitative estimate of drug-likeness (QED) is 0.258. The molecule has 26 heavy (non-hydrogen) atoms. The molecule has 0 unspecified atom stereocenters. The first-order chi connectivity index (χ1) is 12.2. The van der Waals surface area contributed by atoms with Gasteiger partial charge in [-0.05, 0) is 43.4 Å². The van der Waals surface area contributed by atoms with Gasteiger partial charge in [-0.1, -0.05) is 60.3 Å². The lowest BCUT2D eigenvalue weighted by atomic mass is 10.2. The summed E-state index contributed by atoms with van der Waals surface area (Å²) in [6.45, 7) is 3.97. The average Bonchev–Trinajstić information content (AvgIpc) is 2.55. The van der Waals surface area contributed by atoms with Gasteiger partial charge in [-0.15, -0.1) is 11.8 Å². The van der Waals surface area contributed by atoms with Crippen LogP contribution in [0.5, 0.6) is 0 Å². The highest BCUT2D eigenvalue weighted by molar-refractivity contribution is 8.14. The largest absolute Gasteiger partial charge is 0.294 e. The summed E-state index contributed by atoms with van der Waals surface area (Å²) in [5.41, 5.74) is 1.61. The minimum absolute atomic E-state index is 0.0666. The second kappa shape index (κ2) is 10.9. The van der Waals surface area contributed by atoms with Crippen LogP contribution in [-0.2, 0) is 10.1 Å². The summed E-state index contributed by atoms with van der Waals surface area (Å²) in [6.07, 6.45) is 2.24. The Hall–Kier alpha value is -1.05. The van der Waals surface area contributed by atoms with Gasteiger partial charge in [0.15, 0.2) is 0 Å². The summed E-state index contributed by atoms with van der Waals surface area (Å²) in [5, 5.41) is 9.45. The molecule has 2 rings (SSSR count). The van der Waals surface area contributed by atoms with Crippen molar-refractivity contribution in [2.75, 3.05) is 5.75 Å². The van der Waals surface area contributed by atoms with Crippen molar-refractivity contribution in [3.8, 4) is 0 Å². The molecule has 0 amide bonds. The lowest BCUT2D eigenvalue weighted by Gasteiger charge is -2.07. The van der Waals surface area contributed by atoms with E-state index in [1.54, 1.807) is 30.3 Å². The third kappa shape index (κ3) is 7.68. The SMILES string of the molecule is CCCCSC(=N)c1c(Cl)cccc1Cl.Cc1ccc(S(=O)(=O)O)cc1. The van der Waals surface area contributed by atoms with Crippen molar-refractivity contribution < 1.29 is 13.0 Å². The summed E-state index contributed by atoms with van der Waals surface area (Å²) < 4.78 is 29.6. The van der Waals surface area contributed by atoms with Crippen molar-refractivity contribution in [1.29, 1.82) is 5.41 Å². The zero-order valence-electron chi connectivity index (χ0n) is 14.5. The monoisotopic (exact) mass is 433 g/mol. The lowest BCUT2D eigenvalue weighted by molar-refractivity contribution is 0.483. The molecule has 8 heteroatoms. The molecule has 2 N–H and O–H groups in total. The van der Waals surface area contributed by atoms with Crippen LogP contribution >= 0.6 is 35.0 Å². The van der Waals surface area contributed by atoms with Gasteiger partial charge in [0.25, 0.3) is 10.1 Å². The number of halogens is 2. The summed E-state index contributed by atoms with van der Waals surface area (Å²) in [5.74, 6) is 0.941. The Kier molecular flexibility index (Phi) is 9.68. The summed E-state index contributed by atoms with van der Waals surface area (Å²) in [7, 11) is -4.02. The molecule has 2 aromatic carbocycles. The van der Waals surface area contributed by atoms with Crippen molar-refractivity contribution in [3.63, 3.8) is 0 Å². The van der Waals surface area contributed by atoms with Crippen molar-refractivity contribution in [2.24, 2.45) is 0 Å². The van der Waals surface area contributed by atoms with E-state index in [2.05, 4.69) is 6.92 Å². The standard InChI is InChI=1S/C11H13Cl2NS.C7H8O3S/c1-2-3-7-15-11(14)10-8(12)5-4-6-9(10)13;1-6-2-4-7(5-3-6)11(8,9)10/h4-6,14H,2-3,7H2,1H3;2-5H,1H3,(H,8,9,10). The van der Waals surface area contributed by atoms with E-state index in [0.29, 0.717) is 20.7 Å². The fourth-order valence-electron chi connectivity index (χ4n) is 1.82. The van der Waals surface area contributed by atoms with Gasteiger partial charge in [0.05, 0.1) is 20.0 Å². The Morgan fingerprint density at radius 2 is 1.65 bits per heavy atom. The van der Waals surface area contributed by atoms with Gasteiger partial charge in [0.2, 0.25) is 0 Å². The number of hydrogen-bond donors (Lipinski definition) is 2. The first-order valence-electron chi connectivity index (χ1n) is 7.86. The molecule has 0 spiro atoms. The molecule has 0 saturated heterocycles. The molecule has 0 saturated carbocycles. The van der Waals surface area contributed by atoms with Crippen molar-refractivity contribution in [2.45, 2.75) is 31.6 Å². The third-order valence-electron chi connectivity index (χ3n) is 3.25. The number of benzene rings is 2. The summed E-state index contributed by atoms with van der Waals surface area (Å²) in [6, 6.07) is 11.3. The molecule has 0 bridgehead atoms. The molecule has 0 heterocycles. The summed E-state index contributed by atoms with van der Waals surface area (Å²) >= 11 is 13.5. The zero-order chi connectivity index (χ0) is 19.7. The highest BCUT2D eigenvalue weighted by Gasteiger charge is 2.11. The highest BCUT2D eigenvalue weighted by Crippen LogP contribution is 2.28. The summed E-state index contributed by atoms with van der Waals surface area (Å²) in [4.78, 5) is -0.0666. The smallest absolute Gasteiger partial charge is 0.293 e. The van der Waals surface area contributed by atoms with Gasteiger partial charge in [-0.2, -0.15) is 8.42 Å². The Morgan fingerprint density at radius 1 is 1.12 bits per heavy atom. The van der Waals surface area contributed by atoms with Crippen molar-refractivity contribution >= 4 is 50.1 Å². The van der Waals surface area contributed by atoms with Crippen LogP contribution in [-0.4, -0.2) is 23.8 Å². The normalized spacial score (nSPS) is 10.8. The molecule has 0 aliphatic heterocycles. The third-order valence-corrected chi connectivity index (χ3v) is 5.74. The molecule has 0 radical (unpaired) electrons. The van der Waals surface area contributed by atoms with Crippen LogP contribution in [0.3, 0.4) is 0 Å². The van der Waals surface area contributed by atoms with Gasteiger partial charge in [-0.3, -0.25) is 9.96 Å². The van der Waals surface area contributed by atoms with Crippen molar-refractivity contribution in [1.82, 2.24) is 0 Å². The Morgan fingerprint density at radius 3 is 2.12 bits per heavy atom. The van der Waals surface area contributed by atoms with Gasteiger partial charge < -0.3 is 0 Å². The predicted molar refractivity (Wildman–Crippen MR) is 112 cm³/mol. The van der Waals surface area contributed by atoms with Crippen LogP contribution in [0.25, 0.3) is 0 Å². The van der Waals surface area contributed by atoms with E-state index in [1.807, 2.05) is 6.92 Å². The molecule has 4 nitrogen and oxygen atoms in total. The highest BCUT2D eigenvalue weighted by atomic mass is 35.5. The maximum Gasteiger partial charge on any atom is 0.294 e. The van der Waals surface area contributed by atoms with Gasteiger partial charge >= 0.3 is 0 Å². The van der Waals surface area contributed by atoms with Gasteiger partial charge in [-0.25, -0.2) is 0 Å². The van der Waals surface area contributed by atoms with Crippen LogP contribution in [0.1, 0.15) is 30.9 Å². The average molecular weight is 434 g/mol. The first kappa shape index (κ1) is 23.0. The predicted octanol–water partition coefficient (Wildman–Crippen LogP) is 6.09. The van der Waals surface area contributed by atoms with Gasteiger partial charge in [0, 0.05) is 5.56 Å². The molecule has 0 fully saturated rings. The molecule has 142 valence electrons. The molecule has 2 aromatic rings. The van der Waals surface area contributed by atoms with E-state index in [4.69, 9.17) is 33.2 Å². The Balaban J connectivity index is 0.000000273.